The molecule has 0 aromatic rings. The van der Waals surface area contributed by atoms with Gasteiger partial charge in [-0.15, -0.1) is 0 Å². The van der Waals surface area contributed by atoms with Gasteiger partial charge in [-0.1, -0.05) is 0 Å². The van der Waals surface area contributed by atoms with Gasteiger partial charge in [-0.2, -0.15) is 7.82 Å². The second-order valence-electron chi connectivity index (χ2n) is 2.76. The molecule has 0 saturated heterocycles. The molecule has 13 heteroatoms. The van der Waals surface area contributed by atoms with Crippen molar-refractivity contribution in [2.45, 2.75) is 12.2 Å². The van der Waals surface area contributed by atoms with Gasteiger partial charge in [0.1, 0.15) is 6.10 Å². The van der Waals surface area contributed by atoms with Crippen LogP contribution in [-0.2, 0) is 14.1 Å². The van der Waals surface area contributed by atoms with Crippen LogP contribution in [0.5, 0.6) is 0 Å². The van der Waals surface area contributed by atoms with Crippen LogP contribution < -0.4 is 44.2 Å². The SMILES string of the molecule is O=C1O[C@H]([C@@H](O)CO)C(O)=C1O.O=P([O-])([O-])[O-].[Mg+2].[Na+]. The molecule has 2 atom stereocenters. The molecule has 1 heterocycles. The topological polar surface area (TPSA) is 193 Å². The average molecular weight is 318 g/mol. The number of hydrogen-bond acceptors (Lipinski definition) is 10. The molecule has 1 aliphatic heterocycles. The van der Waals surface area contributed by atoms with Crippen molar-refractivity contribution in [1.29, 1.82) is 0 Å². The Bertz CT molecular complexity index is 359. The Balaban J connectivity index is -0.000000320. The number of aliphatic hydroxyl groups excluding tert-OH is 4. The van der Waals surface area contributed by atoms with Gasteiger partial charge in [0.15, 0.2) is 11.9 Å². The molecule has 0 saturated carbocycles. The number of carbonyl (C=O) groups is 1. The van der Waals surface area contributed by atoms with Crippen LogP contribution >= 0.6 is 7.82 Å². The number of carbonyl (C=O) groups excluding carboxylic acids is 1. The van der Waals surface area contributed by atoms with Crippen molar-refractivity contribution >= 4 is 36.8 Å². The molecule has 0 unspecified atom stereocenters. The minimum Gasteiger partial charge on any atom is -0.822 e. The van der Waals surface area contributed by atoms with Gasteiger partial charge in [0.2, 0.25) is 5.76 Å². The first kappa shape index (κ1) is 24.6. The zero-order chi connectivity index (χ0) is 13.8. The van der Waals surface area contributed by atoms with Crippen molar-refractivity contribution in [3.63, 3.8) is 0 Å². The van der Waals surface area contributed by atoms with Crippen molar-refractivity contribution in [1.82, 2.24) is 0 Å². The van der Waals surface area contributed by atoms with Crippen LogP contribution in [0.4, 0.5) is 0 Å². The monoisotopic (exact) mass is 318 g/mol. The molecule has 1 aliphatic rings. The quantitative estimate of drug-likeness (QED) is 0.216. The normalized spacial score (nSPS) is 19.4. The van der Waals surface area contributed by atoms with E-state index in [4.69, 9.17) is 39.7 Å². The van der Waals surface area contributed by atoms with Crippen LogP contribution in [0, 0.1) is 0 Å². The summed E-state index contributed by atoms with van der Waals surface area (Å²) in [6, 6.07) is 0. The minimum atomic E-state index is -5.39. The van der Waals surface area contributed by atoms with E-state index in [2.05, 4.69) is 4.74 Å². The fourth-order valence-electron chi connectivity index (χ4n) is 0.823. The van der Waals surface area contributed by atoms with E-state index >= 15 is 0 Å². The average Bonchev–Trinajstić information content (AvgIpc) is 2.42. The van der Waals surface area contributed by atoms with Crippen molar-refractivity contribution in [2.75, 3.05) is 6.61 Å². The largest absolute Gasteiger partial charge is 2.00 e. The Kier molecular flexibility index (Phi) is 13.4. The first-order valence-corrected chi connectivity index (χ1v) is 5.39. The van der Waals surface area contributed by atoms with Gasteiger partial charge in [0.05, 0.1) is 6.61 Å². The fraction of sp³-hybridized carbons (Fsp3) is 0.500. The van der Waals surface area contributed by atoms with Crippen LogP contribution in [0.1, 0.15) is 0 Å². The van der Waals surface area contributed by atoms with Gasteiger partial charge in [0.25, 0.3) is 0 Å². The summed E-state index contributed by atoms with van der Waals surface area (Å²) in [4.78, 5) is 36.2. The zero-order valence-electron chi connectivity index (χ0n) is 9.75. The number of esters is 1. The summed E-state index contributed by atoms with van der Waals surface area (Å²) in [5.74, 6) is -2.78. The molecule has 100 valence electrons. The standard InChI is InChI=1S/C6H8O6.Mg.Na.H3O4P/c7-1-2(8)5-3(9)4(10)6(11)12-5;;;1-5(2,3)4/h2,5,7-10H,1H2;;;(H3,1,2,3,4)/q;+2;+1;/p-3/t2-,5+;;;/m0.../s1. The number of phosphoric acid groups is 1. The second-order valence-corrected chi connectivity index (χ2v) is 3.65. The van der Waals surface area contributed by atoms with E-state index in [1.54, 1.807) is 0 Å². The Hall–Kier alpha value is 0.606. The minimum absolute atomic E-state index is 0. The fourth-order valence-corrected chi connectivity index (χ4v) is 0.823. The first-order chi connectivity index (χ1) is 7.57. The first-order valence-electron chi connectivity index (χ1n) is 3.93. The summed E-state index contributed by atoms with van der Waals surface area (Å²) in [6.07, 6.45) is -2.78. The maximum absolute atomic E-state index is 10.5. The number of cyclic esters (lactones) is 1. The Labute approximate surface area is 145 Å². The Morgan fingerprint density at radius 2 is 1.68 bits per heavy atom. The molecular weight excluding hydrogens is 310 g/mol. The number of aliphatic hydroxyl groups is 4. The summed E-state index contributed by atoms with van der Waals surface area (Å²) in [5.41, 5.74) is 0. The van der Waals surface area contributed by atoms with E-state index < -0.39 is 44.1 Å². The summed E-state index contributed by atoms with van der Waals surface area (Å²) in [7, 11) is -5.39. The molecule has 19 heavy (non-hydrogen) atoms. The van der Waals surface area contributed by atoms with Crippen molar-refractivity contribution < 1.29 is 78.8 Å². The molecule has 0 radical (unpaired) electrons. The van der Waals surface area contributed by atoms with Gasteiger partial charge < -0.3 is 44.4 Å². The van der Waals surface area contributed by atoms with Gasteiger partial charge in [-0.25, -0.2) is 4.79 Å². The Morgan fingerprint density at radius 1 is 1.32 bits per heavy atom. The number of ether oxygens (including phenoxy) is 1. The molecular formula is C6H8MgNaO10P. The molecule has 1 rings (SSSR count). The number of rotatable bonds is 2. The molecule has 0 spiro atoms. The smallest absolute Gasteiger partial charge is 0.822 e. The molecule has 0 aromatic heterocycles. The van der Waals surface area contributed by atoms with E-state index in [0.29, 0.717) is 0 Å². The van der Waals surface area contributed by atoms with Gasteiger partial charge in [-0.3, -0.25) is 0 Å². The van der Waals surface area contributed by atoms with Gasteiger partial charge in [0, 0.05) is 0 Å². The van der Waals surface area contributed by atoms with Crippen molar-refractivity contribution in [3.05, 3.63) is 11.5 Å². The summed E-state index contributed by atoms with van der Waals surface area (Å²) >= 11 is 0. The predicted octanol–water partition coefficient (Wildman–Crippen LogP) is -7.61. The van der Waals surface area contributed by atoms with Crippen LogP contribution in [0.25, 0.3) is 0 Å². The molecule has 0 aliphatic carbocycles. The van der Waals surface area contributed by atoms with Crippen LogP contribution in [0.3, 0.4) is 0 Å². The maximum Gasteiger partial charge on any atom is 2.00 e. The van der Waals surface area contributed by atoms with Crippen LogP contribution in [0.15, 0.2) is 11.5 Å². The van der Waals surface area contributed by atoms with E-state index in [1.165, 1.54) is 0 Å². The summed E-state index contributed by atoms with van der Waals surface area (Å²) in [5, 5.41) is 35.0. The third-order valence-corrected chi connectivity index (χ3v) is 1.48. The Morgan fingerprint density at radius 3 is 1.89 bits per heavy atom. The summed E-state index contributed by atoms with van der Waals surface area (Å²) < 4.78 is 12.9. The van der Waals surface area contributed by atoms with E-state index in [0.717, 1.165) is 0 Å². The van der Waals surface area contributed by atoms with Gasteiger partial charge in [-0.05, 0) is 0 Å². The van der Waals surface area contributed by atoms with Gasteiger partial charge >= 0.3 is 58.6 Å². The third-order valence-electron chi connectivity index (χ3n) is 1.48. The van der Waals surface area contributed by atoms with Crippen molar-refractivity contribution in [2.24, 2.45) is 0 Å². The molecule has 10 nitrogen and oxygen atoms in total. The predicted molar refractivity (Wildman–Crippen MR) is 48.6 cm³/mol. The van der Waals surface area contributed by atoms with Crippen LogP contribution in [-0.4, -0.2) is 68.3 Å². The molecule has 0 fully saturated rings. The summed E-state index contributed by atoms with van der Waals surface area (Å²) in [6.45, 7) is -0.671. The number of hydrogen-bond donors (Lipinski definition) is 4. The van der Waals surface area contributed by atoms with Crippen molar-refractivity contribution in [3.8, 4) is 0 Å². The third kappa shape index (κ3) is 10.0. The van der Waals surface area contributed by atoms with E-state index in [1.807, 2.05) is 0 Å². The molecule has 0 aromatic carbocycles. The molecule has 0 amide bonds. The maximum atomic E-state index is 10.5. The van der Waals surface area contributed by atoms with E-state index in [-0.39, 0.29) is 52.6 Å². The van der Waals surface area contributed by atoms with E-state index in [9.17, 15) is 4.79 Å². The molecule has 0 bridgehead atoms. The zero-order valence-corrected chi connectivity index (χ0v) is 14.1. The molecule has 4 N–H and O–H groups in total. The van der Waals surface area contributed by atoms with Crippen LogP contribution in [0.2, 0.25) is 0 Å². The second kappa shape index (κ2) is 10.3.